The van der Waals surface area contributed by atoms with Crippen LogP contribution in [0.15, 0.2) is 6.07 Å². The molecule has 3 heteroatoms. The number of aromatic nitrogens is 2. The van der Waals surface area contributed by atoms with Gasteiger partial charge >= 0.3 is 0 Å². The lowest BCUT2D eigenvalue weighted by molar-refractivity contribution is 0.102. The fraction of sp³-hybridized carbons (Fsp3) is 0.786. The van der Waals surface area contributed by atoms with Gasteiger partial charge in [-0.2, -0.15) is 5.10 Å². The summed E-state index contributed by atoms with van der Waals surface area (Å²) in [7, 11) is 1.98. The third kappa shape index (κ3) is 2.13. The molecule has 0 amide bonds. The zero-order valence-corrected chi connectivity index (χ0v) is 10.8. The highest BCUT2D eigenvalue weighted by atomic mass is 16.3. The lowest BCUT2D eigenvalue weighted by atomic mass is 9.93. The molecule has 0 bridgehead atoms. The first-order valence-electron chi connectivity index (χ1n) is 6.87. The molecule has 0 spiro atoms. The fourth-order valence-corrected chi connectivity index (χ4v) is 3.39. The maximum Gasteiger partial charge on any atom is 0.0624 e. The van der Waals surface area contributed by atoms with Gasteiger partial charge in [0.15, 0.2) is 0 Å². The number of aliphatic hydroxyl groups is 1. The van der Waals surface area contributed by atoms with Crippen molar-refractivity contribution in [2.45, 2.75) is 45.1 Å². The predicted molar refractivity (Wildman–Crippen MR) is 66.6 cm³/mol. The van der Waals surface area contributed by atoms with E-state index in [-0.39, 0.29) is 6.10 Å². The quantitative estimate of drug-likeness (QED) is 0.864. The van der Waals surface area contributed by atoms with Gasteiger partial charge in [-0.05, 0) is 49.5 Å². The smallest absolute Gasteiger partial charge is 0.0624 e. The zero-order valence-electron chi connectivity index (χ0n) is 10.8. The van der Waals surface area contributed by atoms with Crippen LogP contribution in [0, 0.1) is 17.8 Å². The van der Waals surface area contributed by atoms with Crippen LogP contribution in [0.1, 0.15) is 37.6 Å². The van der Waals surface area contributed by atoms with Crippen LogP contribution in [0.5, 0.6) is 0 Å². The molecule has 3 unspecified atom stereocenters. The summed E-state index contributed by atoms with van der Waals surface area (Å²) in [5.41, 5.74) is 2.30. The van der Waals surface area contributed by atoms with E-state index in [0.717, 1.165) is 30.4 Å². The van der Waals surface area contributed by atoms with Crippen molar-refractivity contribution in [1.82, 2.24) is 9.78 Å². The molecule has 0 saturated heterocycles. The third-order valence-corrected chi connectivity index (χ3v) is 4.63. The lowest BCUT2D eigenvalue weighted by Gasteiger charge is -2.19. The van der Waals surface area contributed by atoms with E-state index in [0.29, 0.717) is 5.92 Å². The molecule has 0 radical (unpaired) electrons. The summed E-state index contributed by atoms with van der Waals surface area (Å²) in [6.07, 6.45) is 5.51. The summed E-state index contributed by atoms with van der Waals surface area (Å²) in [5.74, 6) is 2.44. The van der Waals surface area contributed by atoms with Crippen molar-refractivity contribution in [2.75, 3.05) is 0 Å². The molecule has 1 aromatic heterocycles. The van der Waals surface area contributed by atoms with Crippen LogP contribution in [0.4, 0.5) is 0 Å². The van der Waals surface area contributed by atoms with Crippen molar-refractivity contribution in [3.05, 3.63) is 17.5 Å². The Morgan fingerprint density at radius 2 is 2.12 bits per heavy atom. The Labute approximate surface area is 103 Å². The summed E-state index contributed by atoms with van der Waals surface area (Å²) in [4.78, 5) is 0. The van der Waals surface area contributed by atoms with Crippen molar-refractivity contribution < 1.29 is 5.11 Å². The minimum absolute atomic E-state index is 0.164. The molecular formula is C14H22N2O. The Hall–Kier alpha value is -0.830. The molecule has 17 heavy (non-hydrogen) atoms. The highest BCUT2D eigenvalue weighted by Crippen LogP contribution is 2.55. The molecule has 2 aliphatic rings. The van der Waals surface area contributed by atoms with Gasteiger partial charge in [0.05, 0.1) is 11.8 Å². The van der Waals surface area contributed by atoms with E-state index < -0.39 is 0 Å². The second-order valence-electron chi connectivity index (χ2n) is 5.86. The molecule has 94 valence electrons. The van der Waals surface area contributed by atoms with Crippen LogP contribution in [0.3, 0.4) is 0 Å². The second kappa shape index (κ2) is 4.13. The van der Waals surface area contributed by atoms with Gasteiger partial charge in [-0.15, -0.1) is 0 Å². The highest BCUT2D eigenvalue weighted by Gasteiger charge is 2.47. The summed E-state index contributed by atoms with van der Waals surface area (Å²) < 4.78 is 1.93. The SMILES string of the molecule is CCc1cc(CC(O)C2CC3CC3C2)n(C)n1. The molecular weight excluding hydrogens is 212 g/mol. The normalized spacial score (nSPS) is 32.5. The number of aryl methyl sites for hydroxylation is 2. The van der Waals surface area contributed by atoms with Gasteiger partial charge < -0.3 is 5.11 Å². The van der Waals surface area contributed by atoms with Gasteiger partial charge in [0.25, 0.3) is 0 Å². The third-order valence-electron chi connectivity index (χ3n) is 4.63. The maximum absolute atomic E-state index is 10.3. The van der Waals surface area contributed by atoms with Crippen molar-refractivity contribution in [3.63, 3.8) is 0 Å². The first-order valence-corrected chi connectivity index (χ1v) is 6.87. The van der Waals surface area contributed by atoms with E-state index in [1.165, 1.54) is 25.0 Å². The molecule has 3 nitrogen and oxygen atoms in total. The van der Waals surface area contributed by atoms with Crippen LogP contribution in [-0.4, -0.2) is 21.0 Å². The number of aliphatic hydroxyl groups excluding tert-OH is 1. The minimum Gasteiger partial charge on any atom is -0.392 e. The lowest BCUT2D eigenvalue weighted by Crippen LogP contribution is -2.22. The minimum atomic E-state index is -0.164. The van der Waals surface area contributed by atoms with Crippen molar-refractivity contribution in [3.8, 4) is 0 Å². The molecule has 2 saturated carbocycles. The summed E-state index contributed by atoms with van der Waals surface area (Å²) in [6.45, 7) is 2.12. The number of nitrogens with zero attached hydrogens (tertiary/aromatic N) is 2. The van der Waals surface area contributed by atoms with Gasteiger partial charge in [-0.3, -0.25) is 4.68 Å². The van der Waals surface area contributed by atoms with Crippen LogP contribution in [0.25, 0.3) is 0 Å². The Balaban J connectivity index is 1.63. The Bertz CT molecular complexity index is 402. The maximum atomic E-state index is 10.3. The highest BCUT2D eigenvalue weighted by molar-refractivity contribution is 5.12. The van der Waals surface area contributed by atoms with Gasteiger partial charge in [0.2, 0.25) is 0 Å². The summed E-state index contributed by atoms with van der Waals surface area (Å²) in [5, 5.41) is 14.7. The molecule has 1 heterocycles. The van der Waals surface area contributed by atoms with E-state index in [9.17, 15) is 5.11 Å². The molecule has 0 aliphatic heterocycles. The van der Waals surface area contributed by atoms with Crippen LogP contribution < -0.4 is 0 Å². The first kappa shape index (κ1) is 11.3. The Kier molecular flexibility index (Phi) is 2.74. The van der Waals surface area contributed by atoms with Crippen molar-refractivity contribution >= 4 is 0 Å². The average Bonchev–Trinajstić information content (AvgIpc) is 2.76. The molecule has 3 atom stereocenters. The van der Waals surface area contributed by atoms with E-state index in [1.807, 2.05) is 11.7 Å². The number of hydrogen-bond donors (Lipinski definition) is 1. The molecule has 0 aromatic carbocycles. The monoisotopic (exact) mass is 234 g/mol. The van der Waals surface area contributed by atoms with Gasteiger partial charge in [-0.25, -0.2) is 0 Å². The molecule has 3 rings (SSSR count). The first-order chi connectivity index (χ1) is 8.17. The van der Waals surface area contributed by atoms with Crippen molar-refractivity contribution in [1.29, 1.82) is 0 Å². The molecule has 2 fully saturated rings. The second-order valence-corrected chi connectivity index (χ2v) is 5.86. The molecule has 2 aliphatic carbocycles. The van der Waals surface area contributed by atoms with E-state index in [2.05, 4.69) is 18.1 Å². The number of fused-ring (bicyclic) bond motifs is 1. The largest absolute Gasteiger partial charge is 0.392 e. The summed E-state index contributed by atoms with van der Waals surface area (Å²) in [6, 6.07) is 2.14. The Morgan fingerprint density at radius 3 is 2.71 bits per heavy atom. The predicted octanol–water partition coefficient (Wildman–Crippen LogP) is 1.93. The zero-order chi connectivity index (χ0) is 12.0. The van der Waals surface area contributed by atoms with E-state index in [4.69, 9.17) is 0 Å². The van der Waals surface area contributed by atoms with Crippen LogP contribution in [0.2, 0.25) is 0 Å². The summed E-state index contributed by atoms with van der Waals surface area (Å²) >= 11 is 0. The van der Waals surface area contributed by atoms with Crippen molar-refractivity contribution in [2.24, 2.45) is 24.8 Å². The van der Waals surface area contributed by atoms with E-state index in [1.54, 1.807) is 0 Å². The van der Waals surface area contributed by atoms with Gasteiger partial charge in [0, 0.05) is 19.2 Å². The standard InChI is InChI=1S/C14H22N2O/c1-3-12-7-13(16(2)15-12)8-14(17)11-5-9-4-10(9)6-11/h7,9-11,14,17H,3-6,8H2,1-2H3. The molecule has 1 N–H and O–H groups in total. The topological polar surface area (TPSA) is 38.0 Å². The van der Waals surface area contributed by atoms with Gasteiger partial charge in [0.1, 0.15) is 0 Å². The number of hydrogen-bond acceptors (Lipinski definition) is 2. The Morgan fingerprint density at radius 1 is 1.41 bits per heavy atom. The fourth-order valence-electron chi connectivity index (χ4n) is 3.39. The van der Waals surface area contributed by atoms with Crippen LogP contribution >= 0.6 is 0 Å². The average molecular weight is 234 g/mol. The number of rotatable bonds is 4. The van der Waals surface area contributed by atoms with Gasteiger partial charge in [-0.1, -0.05) is 6.92 Å². The van der Waals surface area contributed by atoms with E-state index >= 15 is 0 Å². The van der Waals surface area contributed by atoms with Crippen LogP contribution in [-0.2, 0) is 19.9 Å². The molecule has 1 aromatic rings.